The summed E-state index contributed by atoms with van der Waals surface area (Å²) < 4.78 is 0. The first-order chi connectivity index (χ1) is 12.5. The van der Waals surface area contributed by atoms with Gasteiger partial charge in [0.05, 0.1) is 0 Å². The van der Waals surface area contributed by atoms with Gasteiger partial charge in [0.25, 0.3) is 11.8 Å². The van der Waals surface area contributed by atoms with Crippen molar-refractivity contribution in [3.8, 4) is 0 Å². The number of carbonyl (C=O) groups is 2. The van der Waals surface area contributed by atoms with Crippen LogP contribution in [0, 0.1) is 5.92 Å². The van der Waals surface area contributed by atoms with Crippen LogP contribution in [0.15, 0.2) is 36.9 Å². The number of hydrogen-bond donors (Lipinski definition) is 0. The van der Waals surface area contributed by atoms with E-state index in [0.29, 0.717) is 23.7 Å². The first-order valence-corrected chi connectivity index (χ1v) is 8.76. The lowest BCUT2D eigenvalue weighted by Crippen LogP contribution is -2.40. The molecular formula is C19H23N5O2. The summed E-state index contributed by atoms with van der Waals surface area (Å²) in [6.45, 7) is 1.47. The molecule has 2 aromatic heterocycles. The van der Waals surface area contributed by atoms with E-state index in [2.05, 4.69) is 15.0 Å². The second kappa shape index (κ2) is 8.03. The molecule has 0 radical (unpaired) electrons. The number of hydrogen-bond acceptors (Lipinski definition) is 5. The summed E-state index contributed by atoms with van der Waals surface area (Å²) in [7, 11) is 3.40. The van der Waals surface area contributed by atoms with Crippen LogP contribution in [0.1, 0.15) is 39.4 Å². The molecular weight excluding hydrogens is 330 g/mol. The fraction of sp³-hybridized carbons (Fsp3) is 0.421. The fourth-order valence-electron chi connectivity index (χ4n) is 3.24. The lowest BCUT2D eigenvalue weighted by molar-refractivity contribution is 0.0672. The van der Waals surface area contributed by atoms with Crippen LogP contribution >= 0.6 is 0 Å². The molecule has 7 nitrogen and oxygen atoms in total. The molecule has 3 rings (SSSR count). The molecule has 7 heteroatoms. The number of pyridine rings is 1. The van der Waals surface area contributed by atoms with Gasteiger partial charge in [-0.1, -0.05) is 0 Å². The summed E-state index contributed by atoms with van der Waals surface area (Å²) >= 11 is 0. The predicted molar refractivity (Wildman–Crippen MR) is 96.6 cm³/mol. The van der Waals surface area contributed by atoms with Crippen molar-refractivity contribution in [2.75, 3.05) is 27.2 Å². The van der Waals surface area contributed by atoms with Crippen molar-refractivity contribution in [1.29, 1.82) is 0 Å². The number of carbonyl (C=O) groups excluding carboxylic acids is 2. The summed E-state index contributed by atoms with van der Waals surface area (Å²) in [4.78, 5) is 40.4. The van der Waals surface area contributed by atoms with Gasteiger partial charge in [-0.3, -0.25) is 14.6 Å². The second-order valence-corrected chi connectivity index (χ2v) is 6.79. The van der Waals surface area contributed by atoms with E-state index in [1.807, 2.05) is 4.90 Å². The van der Waals surface area contributed by atoms with Crippen LogP contribution in [0.5, 0.6) is 0 Å². The largest absolute Gasteiger partial charge is 0.343 e. The molecule has 0 spiro atoms. The Labute approximate surface area is 153 Å². The lowest BCUT2D eigenvalue weighted by atomic mass is 9.92. The maximum atomic E-state index is 12.6. The van der Waals surface area contributed by atoms with Crippen LogP contribution in [-0.2, 0) is 6.42 Å². The highest BCUT2D eigenvalue weighted by Crippen LogP contribution is 2.22. The molecule has 2 amide bonds. The van der Waals surface area contributed by atoms with Crippen molar-refractivity contribution in [3.63, 3.8) is 0 Å². The standard InChI is InChI=1S/C19H23N5O2/c1-23(2)19(26)17-11-16(21-13-22-17)10-14-4-3-9-24(12-14)18(25)15-5-7-20-8-6-15/h5-8,11,13-14H,3-4,9-10,12H2,1-2H3. The monoisotopic (exact) mass is 353 g/mol. The number of amides is 2. The van der Waals surface area contributed by atoms with Gasteiger partial charge >= 0.3 is 0 Å². The Morgan fingerprint density at radius 2 is 2.00 bits per heavy atom. The molecule has 3 heterocycles. The first kappa shape index (κ1) is 18.0. The molecule has 1 aliphatic rings. The van der Waals surface area contributed by atoms with Gasteiger partial charge in [0.15, 0.2) is 0 Å². The van der Waals surface area contributed by atoms with Gasteiger partial charge in [0.1, 0.15) is 12.0 Å². The quantitative estimate of drug-likeness (QED) is 0.835. The minimum Gasteiger partial charge on any atom is -0.343 e. The molecule has 0 aromatic carbocycles. The third-order valence-electron chi connectivity index (χ3n) is 4.58. The Kier molecular flexibility index (Phi) is 5.55. The van der Waals surface area contributed by atoms with E-state index in [-0.39, 0.29) is 11.8 Å². The maximum absolute atomic E-state index is 12.6. The van der Waals surface area contributed by atoms with Gasteiger partial charge in [-0.15, -0.1) is 0 Å². The van der Waals surface area contributed by atoms with Gasteiger partial charge in [0.2, 0.25) is 0 Å². The fourth-order valence-corrected chi connectivity index (χ4v) is 3.24. The molecule has 1 aliphatic heterocycles. The summed E-state index contributed by atoms with van der Waals surface area (Å²) in [5.74, 6) is 0.238. The summed E-state index contributed by atoms with van der Waals surface area (Å²) in [6.07, 6.45) is 7.46. The lowest BCUT2D eigenvalue weighted by Gasteiger charge is -2.32. The van der Waals surface area contributed by atoms with E-state index in [9.17, 15) is 9.59 Å². The highest BCUT2D eigenvalue weighted by molar-refractivity contribution is 5.94. The highest BCUT2D eigenvalue weighted by Gasteiger charge is 2.25. The minimum absolute atomic E-state index is 0.0447. The van der Waals surface area contributed by atoms with Crippen molar-refractivity contribution in [3.05, 3.63) is 53.9 Å². The minimum atomic E-state index is -0.133. The summed E-state index contributed by atoms with van der Waals surface area (Å²) in [5.41, 5.74) is 1.91. The predicted octanol–water partition coefficient (Wildman–Crippen LogP) is 1.67. The Morgan fingerprint density at radius 3 is 2.73 bits per heavy atom. The molecule has 0 aliphatic carbocycles. The maximum Gasteiger partial charge on any atom is 0.272 e. The van der Waals surface area contributed by atoms with Crippen LogP contribution in [0.4, 0.5) is 0 Å². The summed E-state index contributed by atoms with van der Waals surface area (Å²) in [5, 5.41) is 0. The van der Waals surface area contributed by atoms with E-state index in [0.717, 1.165) is 31.5 Å². The van der Waals surface area contributed by atoms with Gasteiger partial charge in [0, 0.05) is 50.8 Å². The van der Waals surface area contributed by atoms with Crippen molar-refractivity contribution >= 4 is 11.8 Å². The molecule has 136 valence electrons. The second-order valence-electron chi connectivity index (χ2n) is 6.79. The zero-order chi connectivity index (χ0) is 18.5. The average molecular weight is 353 g/mol. The topological polar surface area (TPSA) is 79.3 Å². The summed E-state index contributed by atoms with van der Waals surface area (Å²) in [6, 6.07) is 5.25. The van der Waals surface area contributed by atoms with Crippen molar-refractivity contribution < 1.29 is 9.59 Å². The molecule has 26 heavy (non-hydrogen) atoms. The Morgan fingerprint density at radius 1 is 1.23 bits per heavy atom. The third kappa shape index (κ3) is 4.22. The van der Waals surface area contributed by atoms with E-state index >= 15 is 0 Å². The zero-order valence-corrected chi connectivity index (χ0v) is 15.1. The van der Waals surface area contributed by atoms with Gasteiger partial charge in [-0.05, 0) is 43.4 Å². The van der Waals surface area contributed by atoms with Crippen LogP contribution in [0.25, 0.3) is 0 Å². The average Bonchev–Trinajstić information content (AvgIpc) is 2.68. The molecule has 1 atom stereocenters. The number of rotatable bonds is 4. The van der Waals surface area contributed by atoms with Crippen molar-refractivity contribution in [1.82, 2.24) is 24.8 Å². The molecule has 2 aromatic rings. The normalized spacial score (nSPS) is 17.0. The Bertz CT molecular complexity index is 779. The van der Waals surface area contributed by atoms with Crippen LogP contribution < -0.4 is 0 Å². The smallest absolute Gasteiger partial charge is 0.272 e. The molecule has 1 saturated heterocycles. The third-order valence-corrected chi connectivity index (χ3v) is 4.58. The van der Waals surface area contributed by atoms with Crippen LogP contribution in [-0.4, -0.2) is 63.8 Å². The van der Waals surface area contributed by atoms with E-state index < -0.39 is 0 Å². The molecule has 1 fully saturated rings. The molecule has 1 unspecified atom stereocenters. The van der Waals surface area contributed by atoms with Gasteiger partial charge in [-0.25, -0.2) is 9.97 Å². The number of nitrogens with zero attached hydrogens (tertiary/aromatic N) is 5. The first-order valence-electron chi connectivity index (χ1n) is 8.76. The van der Waals surface area contributed by atoms with E-state index in [1.165, 1.54) is 11.2 Å². The zero-order valence-electron chi connectivity index (χ0n) is 15.1. The number of likely N-dealkylation sites (tertiary alicyclic amines) is 1. The van der Waals surface area contributed by atoms with Crippen LogP contribution in [0.2, 0.25) is 0 Å². The SMILES string of the molecule is CN(C)C(=O)c1cc(CC2CCCN(C(=O)c3ccncc3)C2)ncn1. The Balaban J connectivity index is 1.66. The van der Waals surface area contributed by atoms with Gasteiger partial charge < -0.3 is 9.80 Å². The van der Waals surface area contributed by atoms with E-state index in [4.69, 9.17) is 0 Å². The van der Waals surface area contributed by atoms with Crippen molar-refractivity contribution in [2.24, 2.45) is 5.92 Å². The molecule has 0 saturated carbocycles. The molecule has 0 N–H and O–H groups in total. The Hall–Kier alpha value is -2.83. The van der Waals surface area contributed by atoms with E-state index in [1.54, 1.807) is 44.7 Å². The van der Waals surface area contributed by atoms with Crippen LogP contribution in [0.3, 0.4) is 0 Å². The van der Waals surface area contributed by atoms with Gasteiger partial charge in [-0.2, -0.15) is 0 Å². The molecule has 0 bridgehead atoms. The highest BCUT2D eigenvalue weighted by atomic mass is 16.2. The van der Waals surface area contributed by atoms with Crippen molar-refractivity contribution in [2.45, 2.75) is 19.3 Å². The number of aromatic nitrogens is 3. The number of piperidine rings is 1.